The van der Waals surface area contributed by atoms with Crippen molar-refractivity contribution in [1.82, 2.24) is 15.5 Å². The Morgan fingerprint density at radius 2 is 2.03 bits per heavy atom. The third kappa shape index (κ3) is 7.28. The van der Waals surface area contributed by atoms with E-state index in [4.69, 9.17) is 14.5 Å². The molecule has 2 unspecified atom stereocenters. The Morgan fingerprint density at radius 3 is 2.72 bits per heavy atom. The second-order valence-electron chi connectivity index (χ2n) is 8.03. The molecule has 2 fully saturated rings. The van der Waals surface area contributed by atoms with Gasteiger partial charge >= 0.3 is 0 Å². The molecule has 0 radical (unpaired) electrons. The third-order valence-corrected chi connectivity index (χ3v) is 5.67. The van der Waals surface area contributed by atoms with E-state index < -0.39 is 0 Å². The van der Waals surface area contributed by atoms with E-state index in [1.165, 1.54) is 37.1 Å². The number of aryl methyl sites for hydroxylation is 1. The SMILES string of the molecule is CCNC(=NCC(c1ccc(C)cc1)N1CCCC1)NCCCOC1CCOC1. The summed E-state index contributed by atoms with van der Waals surface area (Å²) in [4.78, 5) is 7.50. The predicted octanol–water partition coefficient (Wildman–Crippen LogP) is 2.88. The number of guanidine groups is 1. The molecule has 0 bridgehead atoms. The normalized spacial score (nSPS) is 21.4. The molecule has 1 aromatic carbocycles. The second-order valence-corrected chi connectivity index (χ2v) is 8.03. The third-order valence-electron chi connectivity index (χ3n) is 5.67. The van der Waals surface area contributed by atoms with Gasteiger partial charge in [-0.2, -0.15) is 0 Å². The van der Waals surface area contributed by atoms with E-state index in [1.54, 1.807) is 0 Å². The first-order valence-corrected chi connectivity index (χ1v) is 11.3. The molecule has 0 saturated carbocycles. The number of aliphatic imine (C=N–C) groups is 1. The summed E-state index contributed by atoms with van der Waals surface area (Å²) < 4.78 is 11.2. The van der Waals surface area contributed by atoms with Crippen molar-refractivity contribution < 1.29 is 9.47 Å². The summed E-state index contributed by atoms with van der Waals surface area (Å²) in [6.07, 6.45) is 4.85. The van der Waals surface area contributed by atoms with Crippen LogP contribution in [0.2, 0.25) is 0 Å². The molecule has 0 aromatic heterocycles. The summed E-state index contributed by atoms with van der Waals surface area (Å²) in [5, 5.41) is 6.84. The van der Waals surface area contributed by atoms with Crippen LogP contribution in [0.5, 0.6) is 0 Å². The molecular weight excluding hydrogens is 364 g/mol. The van der Waals surface area contributed by atoms with Gasteiger partial charge in [-0.3, -0.25) is 9.89 Å². The monoisotopic (exact) mass is 402 g/mol. The number of hydrogen-bond donors (Lipinski definition) is 2. The van der Waals surface area contributed by atoms with Gasteiger partial charge in [0.05, 0.1) is 25.3 Å². The summed E-state index contributed by atoms with van der Waals surface area (Å²) in [5.41, 5.74) is 2.67. The Kier molecular flexibility index (Phi) is 9.25. The van der Waals surface area contributed by atoms with E-state index in [-0.39, 0.29) is 6.10 Å². The van der Waals surface area contributed by atoms with Gasteiger partial charge in [-0.15, -0.1) is 0 Å². The number of nitrogens with one attached hydrogen (secondary N) is 2. The molecule has 0 spiro atoms. The van der Waals surface area contributed by atoms with Gasteiger partial charge in [0.15, 0.2) is 5.96 Å². The zero-order chi connectivity index (χ0) is 20.3. The van der Waals surface area contributed by atoms with E-state index in [1.807, 2.05) is 0 Å². The van der Waals surface area contributed by atoms with Crippen LogP contribution in [-0.4, -0.2) is 69.5 Å². The highest BCUT2D eigenvalue weighted by molar-refractivity contribution is 5.79. The van der Waals surface area contributed by atoms with Gasteiger partial charge in [-0.1, -0.05) is 29.8 Å². The molecule has 6 heteroatoms. The van der Waals surface area contributed by atoms with Crippen molar-refractivity contribution in [2.75, 3.05) is 52.5 Å². The zero-order valence-electron chi connectivity index (χ0n) is 18.2. The highest BCUT2D eigenvalue weighted by Crippen LogP contribution is 2.25. The Hall–Kier alpha value is -1.63. The van der Waals surface area contributed by atoms with Gasteiger partial charge in [0.2, 0.25) is 0 Å². The predicted molar refractivity (Wildman–Crippen MR) is 119 cm³/mol. The molecule has 2 aliphatic rings. The van der Waals surface area contributed by atoms with Crippen LogP contribution in [0.4, 0.5) is 0 Å². The molecule has 0 amide bonds. The molecule has 2 aliphatic heterocycles. The molecule has 2 N–H and O–H groups in total. The van der Waals surface area contributed by atoms with Crippen molar-refractivity contribution in [1.29, 1.82) is 0 Å². The Labute approximate surface area is 176 Å². The molecular formula is C23H38N4O2. The van der Waals surface area contributed by atoms with Crippen molar-refractivity contribution in [3.05, 3.63) is 35.4 Å². The van der Waals surface area contributed by atoms with E-state index in [9.17, 15) is 0 Å². The van der Waals surface area contributed by atoms with Crippen LogP contribution in [0.1, 0.15) is 49.8 Å². The summed E-state index contributed by atoms with van der Waals surface area (Å²) >= 11 is 0. The number of ether oxygens (including phenoxy) is 2. The molecule has 2 heterocycles. The smallest absolute Gasteiger partial charge is 0.191 e. The van der Waals surface area contributed by atoms with Crippen LogP contribution in [0, 0.1) is 6.92 Å². The highest BCUT2D eigenvalue weighted by atomic mass is 16.5. The van der Waals surface area contributed by atoms with Crippen LogP contribution >= 0.6 is 0 Å². The van der Waals surface area contributed by atoms with Crippen molar-refractivity contribution in [2.45, 2.75) is 51.7 Å². The summed E-state index contributed by atoms with van der Waals surface area (Å²) in [6.45, 7) is 11.4. The Bertz CT molecular complexity index is 608. The lowest BCUT2D eigenvalue weighted by Crippen LogP contribution is -2.39. The molecule has 0 aliphatic carbocycles. The molecule has 29 heavy (non-hydrogen) atoms. The fourth-order valence-corrected chi connectivity index (χ4v) is 3.97. The van der Waals surface area contributed by atoms with Gasteiger partial charge in [-0.05, 0) is 58.2 Å². The number of rotatable bonds is 10. The number of nitrogens with zero attached hydrogens (tertiary/aromatic N) is 2. The van der Waals surface area contributed by atoms with Gasteiger partial charge in [0.25, 0.3) is 0 Å². The first kappa shape index (κ1) is 22.1. The lowest BCUT2D eigenvalue weighted by molar-refractivity contribution is 0.0420. The summed E-state index contributed by atoms with van der Waals surface area (Å²) in [5.74, 6) is 0.896. The lowest BCUT2D eigenvalue weighted by Gasteiger charge is -2.27. The van der Waals surface area contributed by atoms with E-state index >= 15 is 0 Å². The Morgan fingerprint density at radius 1 is 1.24 bits per heavy atom. The van der Waals surface area contributed by atoms with E-state index in [0.717, 1.165) is 58.3 Å². The van der Waals surface area contributed by atoms with Crippen molar-refractivity contribution >= 4 is 5.96 Å². The average molecular weight is 403 g/mol. The van der Waals surface area contributed by atoms with E-state index in [0.29, 0.717) is 6.04 Å². The number of likely N-dealkylation sites (tertiary alicyclic amines) is 1. The molecule has 2 saturated heterocycles. The Balaban J connectivity index is 1.51. The maximum absolute atomic E-state index is 5.85. The van der Waals surface area contributed by atoms with Crippen molar-refractivity contribution in [2.24, 2.45) is 4.99 Å². The minimum atomic E-state index is 0.285. The van der Waals surface area contributed by atoms with Crippen LogP contribution < -0.4 is 10.6 Å². The molecule has 162 valence electrons. The van der Waals surface area contributed by atoms with E-state index in [2.05, 4.69) is 53.6 Å². The first-order chi connectivity index (χ1) is 14.3. The van der Waals surface area contributed by atoms with Gasteiger partial charge in [0, 0.05) is 26.3 Å². The first-order valence-electron chi connectivity index (χ1n) is 11.3. The minimum absolute atomic E-state index is 0.285. The molecule has 3 rings (SSSR count). The van der Waals surface area contributed by atoms with Crippen LogP contribution in [-0.2, 0) is 9.47 Å². The molecule has 2 atom stereocenters. The van der Waals surface area contributed by atoms with Crippen molar-refractivity contribution in [3.63, 3.8) is 0 Å². The van der Waals surface area contributed by atoms with Crippen LogP contribution in [0.25, 0.3) is 0 Å². The van der Waals surface area contributed by atoms with Crippen LogP contribution in [0.3, 0.4) is 0 Å². The lowest BCUT2D eigenvalue weighted by atomic mass is 10.0. The van der Waals surface area contributed by atoms with Crippen molar-refractivity contribution in [3.8, 4) is 0 Å². The van der Waals surface area contributed by atoms with Gasteiger partial charge in [0.1, 0.15) is 0 Å². The fourth-order valence-electron chi connectivity index (χ4n) is 3.97. The summed E-state index contributed by atoms with van der Waals surface area (Å²) in [6, 6.07) is 9.29. The molecule has 1 aromatic rings. The maximum atomic E-state index is 5.85. The standard InChI is InChI=1S/C23H38N4O2/c1-3-24-23(25-12-6-15-29-21-11-16-28-18-21)26-17-22(27-13-4-5-14-27)20-9-7-19(2)8-10-20/h7-10,21-22H,3-6,11-18H2,1-2H3,(H2,24,25,26). The topological polar surface area (TPSA) is 58.1 Å². The number of hydrogen-bond acceptors (Lipinski definition) is 4. The summed E-state index contributed by atoms with van der Waals surface area (Å²) in [7, 11) is 0. The minimum Gasteiger partial charge on any atom is -0.379 e. The number of benzene rings is 1. The average Bonchev–Trinajstić information content (AvgIpc) is 3.43. The van der Waals surface area contributed by atoms with Gasteiger partial charge < -0.3 is 20.1 Å². The largest absolute Gasteiger partial charge is 0.379 e. The zero-order valence-corrected chi connectivity index (χ0v) is 18.2. The van der Waals surface area contributed by atoms with Gasteiger partial charge in [-0.25, -0.2) is 0 Å². The fraction of sp³-hybridized carbons (Fsp3) is 0.696. The van der Waals surface area contributed by atoms with Crippen LogP contribution in [0.15, 0.2) is 29.3 Å². The highest BCUT2D eigenvalue weighted by Gasteiger charge is 2.23. The second kappa shape index (κ2) is 12.2. The quantitative estimate of drug-likeness (QED) is 0.358. The maximum Gasteiger partial charge on any atom is 0.191 e. The molecule has 6 nitrogen and oxygen atoms in total.